The third-order valence-corrected chi connectivity index (χ3v) is 5.04. The molecule has 5 heteroatoms. The molecule has 1 aliphatic rings. The minimum absolute atomic E-state index is 0.183. The summed E-state index contributed by atoms with van der Waals surface area (Å²) in [7, 11) is 1.71. The van der Waals surface area contributed by atoms with Crippen LogP contribution in [0.4, 0.5) is 0 Å². The highest BCUT2D eigenvalue weighted by Crippen LogP contribution is 2.29. The van der Waals surface area contributed by atoms with Crippen molar-refractivity contribution in [1.82, 2.24) is 5.32 Å². The Hall–Kier alpha value is -2.66. The van der Waals surface area contributed by atoms with E-state index in [2.05, 4.69) is 5.32 Å². The molecule has 2 N–H and O–H groups in total. The predicted molar refractivity (Wildman–Crippen MR) is 99.3 cm³/mol. The van der Waals surface area contributed by atoms with E-state index in [0.29, 0.717) is 29.2 Å². The van der Waals surface area contributed by atoms with Crippen LogP contribution in [0.15, 0.2) is 48.5 Å². The van der Waals surface area contributed by atoms with Crippen LogP contribution in [0, 0.1) is 5.92 Å². The number of rotatable bonds is 6. The molecule has 1 amide bonds. The van der Waals surface area contributed by atoms with Gasteiger partial charge in [-0.25, -0.2) is 4.79 Å². The first-order valence-electron chi connectivity index (χ1n) is 8.84. The molecule has 1 fully saturated rings. The third kappa shape index (κ3) is 3.78. The van der Waals surface area contributed by atoms with Crippen LogP contribution in [-0.4, -0.2) is 36.7 Å². The average molecular weight is 353 g/mol. The lowest BCUT2D eigenvalue weighted by atomic mass is 9.95. The number of ether oxygens (including phenoxy) is 1. The van der Waals surface area contributed by atoms with Crippen molar-refractivity contribution in [2.75, 3.05) is 13.7 Å². The van der Waals surface area contributed by atoms with E-state index in [1.54, 1.807) is 49.6 Å². The molecule has 1 saturated carbocycles. The van der Waals surface area contributed by atoms with Crippen LogP contribution in [0.25, 0.3) is 11.1 Å². The van der Waals surface area contributed by atoms with Crippen molar-refractivity contribution in [3.8, 4) is 11.1 Å². The van der Waals surface area contributed by atoms with Gasteiger partial charge in [-0.15, -0.1) is 0 Å². The quantitative estimate of drug-likeness (QED) is 0.832. The molecule has 5 nitrogen and oxygen atoms in total. The molecule has 0 aliphatic heterocycles. The van der Waals surface area contributed by atoms with Gasteiger partial charge >= 0.3 is 5.97 Å². The maximum atomic E-state index is 12.8. The number of benzene rings is 2. The second kappa shape index (κ2) is 8.15. The molecule has 3 rings (SSSR count). The molecule has 0 saturated heterocycles. The van der Waals surface area contributed by atoms with Crippen LogP contribution < -0.4 is 5.32 Å². The first kappa shape index (κ1) is 18.1. The first-order chi connectivity index (χ1) is 12.6. The zero-order valence-corrected chi connectivity index (χ0v) is 14.8. The van der Waals surface area contributed by atoms with Crippen molar-refractivity contribution in [3.05, 3.63) is 59.7 Å². The molecule has 2 aromatic carbocycles. The SMILES string of the molecule is COC1CCCC1CNC(=O)c1ccccc1-c1ccccc1C(=O)O. The fraction of sp³-hybridized carbons (Fsp3) is 0.333. The number of carbonyl (C=O) groups is 2. The van der Waals surface area contributed by atoms with Gasteiger partial charge in [0.15, 0.2) is 0 Å². The van der Waals surface area contributed by atoms with Crippen molar-refractivity contribution in [1.29, 1.82) is 0 Å². The molecule has 0 aromatic heterocycles. The molecule has 0 radical (unpaired) electrons. The minimum Gasteiger partial charge on any atom is -0.478 e. The second-order valence-electron chi connectivity index (χ2n) is 6.57. The van der Waals surface area contributed by atoms with Gasteiger partial charge in [-0.2, -0.15) is 0 Å². The number of nitrogens with one attached hydrogen (secondary N) is 1. The Kier molecular flexibility index (Phi) is 5.68. The lowest BCUT2D eigenvalue weighted by Crippen LogP contribution is -2.33. The molecule has 2 atom stereocenters. The van der Waals surface area contributed by atoms with E-state index < -0.39 is 5.97 Å². The first-order valence-corrected chi connectivity index (χ1v) is 8.84. The highest BCUT2D eigenvalue weighted by atomic mass is 16.5. The Morgan fingerprint density at radius 2 is 1.65 bits per heavy atom. The van der Waals surface area contributed by atoms with Gasteiger partial charge in [0.05, 0.1) is 11.7 Å². The Balaban J connectivity index is 1.83. The summed E-state index contributed by atoms with van der Waals surface area (Å²) < 4.78 is 5.48. The van der Waals surface area contributed by atoms with Gasteiger partial charge < -0.3 is 15.2 Å². The topological polar surface area (TPSA) is 75.6 Å². The number of carboxylic acids is 1. The highest BCUT2D eigenvalue weighted by molar-refractivity contribution is 6.04. The van der Waals surface area contributed by atoms with E-state index in [1.807, 2.05) is 6.07 Å². The van der Waals surface area contributed by atoms with Crippen LogP contribution in [0.3, 0.4) is 0 Å². The monoisotopic (exact) mass is 353 g/mol. The molecule has 0 spiro atoms. The van der Waals surface area contributed by atoms with Gasteiger partial charge in [0.25, 0.3) is 5.91 Å². The van der Waals surface area contributed by atoms with Crippen LogP contribution in [0.5, 0.6) is 0 Å². The van der Waals surface area contributed by atoms with Gasteiger partial charge in [-0.3, -0.25) is 4.79 Å². The van der Waals surface area contributed by atoms with Crippen molar-refractivity contribution >= 4 is 11.9 Å². The zero-order valence-electron chi connectivity index (χ0n) is 14.8. The van der Waals surface area contributed by atoms with Gasteiger partial charge in [-0.1, -0.05) is 42.8 Å². The Morgan fingerprint density at radius 1 is 1.04 bits per heavy atom. The molecule has 26 heavy (non-hydrogen) atoms. The summed E-state index contributed by atoms with van der Waals surface area (Å²) in [4.78, 5) is 24.3. The lowest BCUT2D eigenvalue weighted by Gasteiger charge is -2.19. The van der Waals surface area contributed by atoms with Crippen molar-refractivity contribution in [2.45, 2.75) is 25.4 Å². The maximum absolute atomic E-state index is 12.8. The van der Waals surface area contributed by atoms with E-state index in [-0.39, 0.29) is 17.6 Å². The molecule has 136 valence electrons. The molecular weight excluding hydrogens is 330 g/mol. The van der Waals surface area contributed by atoms with E-state index >= 15 is 0 Å². The van der Waals surface area contributed by atoms with E-state index in [4.69, 9.17) is 4.74 Å². The molecular formula is C21H23NO4. The molecule has 0 bridgehead atoms. The number of aromatic carboxylic acids is 1. The summed E-state index contributed by atoms with van der Waals surface area (Å²) in [5, 5.41) is 12.4. The van der Waals surface area contributed by atoms with Crippen molar-refractivity contribution < 1.29 is 19.4 Å². The normalized spacial score (nSPS) is 19.3. The summed E-state index contributed by atoms with van der Waals surface area (Å²) >= 11 is 0. The molecule has 0 heterocycles. The van der Waals surface area contributed by atoms with Gasteiger partial charge in [-0.05, 0) is 36.1 Å². The zero-order chi connectivity index (χ0) is 18.5. The van der Waals surface area contributed by atoms with Crippen LogP contribution >= 0.6 is 0 Å². The summed E-state index contributed by atoms with van der Waals surface area (Å²) in [6.45, 7) is 0.562. The van der Waals surface area contributed by atoms with Gasteiger partial charge in [0.2, 0.25) is 0 Å². The maximum Gasteiger partial charge on any atom is 0.336 e. The highest BCUT2D eigenvalue weighted by Gasteiger charge is 2.27. The summed E-state index contributed by atoms with van der Waals surface area (Å²) in [5.74, 6) is -0.880. The van der Waals surface area contributed by atoms with Crippen molar-refractivity contribution in [2.24, 2.45) is 5.92 Å². The Bertz CT molecular complexity index is 802. The largest absolute Gasteiger partial charge is 0.478 e. The molecule has 1 aliphatic carbocycles. The van der Waals surface area contributed by atoms with Crippen LogP contribution in [-0.2, 0) is 4.74 Å². The second-order valence-corrected chi connectivity index (χ2v) is 6.57. The van der Waals surface area contributed by atoms with Crippen LogP contribution in [0.1, 0.15) is 40.0 Å². The Morgan fingerprint density at radius 3 is 2.31 bits per heavy atom. The number of carboxylic acid groups (broad SMARTS) is 1. The summed E-state index contributed by atoms with van der Waals surface area (Å²) in [5.41, 5.74) is 1.83. The smallest absolute Gasteiger partial charge is 0.336 e. The number of amides is 1. The number of carbonyl (C=O) groups excluding carboxylic acids is 1. The Labute approximate surface area is 153 Å². The van der Waals surface area contributed by atoms with Gasteiger partial charge in [0, 0.05) is 25.1 Å². The summed E-state index contributed by atoms with van der Waals surface area (Å²) in [6.07, 6.45) is 3.38. The minimum atomic E-state index is -1.01. The number of hydrogen-bond acceptors (Lipinski definition) is 3. The fourth-order valence-electron chi connectivity index (χ4n) is 3.69. The van der Waals surface area contributed by atoms with Crippen LogP contribution in [0.2, 0.25) is 0 Å². The number of hydrogen-bond donors (Lipinski definition) is 2. The predicted octanol–water partition coefficient (Wildman–Crippen LogP) is 3.60. The standard InChI is InChI=1S/C21H23NO4/c1-26-19-12-6-7-14(19)13-22-20(23)17-10-4-2-8-15(17)16-9-3-5-11-18(16)21(24)25/h2-5,8-11,14,19H,6-7,12-13H2,1H3,(H,22,23)(H,24,25). The summed E-state index contributed by atoms with van der Waals surface area (Å²) in [6, 6.07) is 13.8. The van der Waals surface area contributed by atoms with E-state index in [1.165, 1.54) is 0 Å². The lowest BCUT2D eigenvalue weighted by molar-refractivity contribution is 0.0680. The van der Waals surface area contributed by atoms with E-state index in [9.17, 15) is 14.7 Å². The average Bonchev–Trinajstić information content (AvgIpc) is 3.13. The molecule has 2 unspecified atom stereocenters. The fourth-order valence-corrected chi connectivity index (χ4v) is 3.69. The molecule has 2 aromatic rings. The number of methoxy groups -OCH3 is 1. The van der Waals surface area contributed by atoms with Crippen molar-refractivity contribution in [3.63, 3.8) is 0 Å². The van der Waals surface area contributed by atoms with E-state index in [0.717, 1.165) is 19.3 Å². The third-order valence-electron chi connectivity index (χ3n) is 5.04. The van der Waals surface area contributed by atoms with Gasteiger partial charge in [0.1, 0.15) is 0 Å².